The summed E-state index contributed by atoms with van der Waals surface area (Å²) in [6, 6.07) is 4.91. The summed E-state index contributed by atoms with van der Waals surface area (Å²) in [6.45, 7) is 1.86. The predicted molar refractivity (Wildman–Crippen MR) is 70.8 cm³/mol. The monoisotopic (exact) mass is 271 g/mol. The minimum Gasteiger partial charge on any atom is -0.399 e. The van der Waals surface area contributed by atoms with Crippen molar-refractivity contribution in [1.29, 1.82) is 0 Å². The van der Waals surface area contributed by atoms with Crippen molar-refractivity contribution in [3.8, 4) is 0 Å². The average Bonchev–Trinajstić information content (AvgIpc) is 2.32. The van der Waals surface area contributed by atoms with Gasteiger partial charge in [0.15, 0.2) is 0 Å². The SMILES string of the molecule is CNS(=O)(=O)CCNC(=O)c1ccc(N)c(C)c1. The Morgan fingerprint density at radius 3 is 2.61 bits per heavy atom. The number of hydrogen-bond donors (Lipinski definition) is 3. The number of carbonyl (C=O) groups is 1. The molecule has 0 aliphatic carbocycles. The molecule has 7 heteroatoms. The maximum Gasteiger partial charge on any atom is 0.251 e. The lowest BCUT2D eigenvalue weighted by Gasteiger charge is -2.07. The van der Waals surface area contributed by atoms with Gasteiger partial charge in [0.2, 0.25) is 10.0 Å². The summed E-state index contributed by atoms with van der Waals surface area (Å²) in [4.78, 5) is 11.7. The van der Waals surface area contributed by atoms with E-state index >= 15 is 0 Å². The third-order valence-electron chi connectivity index (χ3n) is 2.50. The molecule has 0 aliphatic rings. The van der Waals surface area contributed by atoms with Gasteiger partial charge in [-0.15, -0.1) is 0 Å². The number of anilines is 1. The first kappa shape index (κ1) is 14.5. The molecule has 0 spiro atoms. The van der Waals surface area contributed by atoms with Crippen molar-refractivity contribution in [3.05, 3.63) is 29.3 Å². The Bertz CT molecular complexity index is 540. The number of aryl methyl sites for hydroxylation is 1. The topological polar surface area (TPSA) is 101 Å². The Labute approximate surface area is 107 Å². The maximum absolute atomic E-state index is 11.7. The highest BCUT2D eigenvalue weighted by atomic mass is 32.2. The second-order valence-electron chi connectivity index (χ2n) is 3.85. The second kappa shape index (κ2) is 5.83. The molecule has 0 saturated carbocycles. The first-order chi connectivity index (χ1) is 8.35. The highest BCUT2D eigenvalue weighted by Crippen LogP contribution is 2.12. The Kier molecular flexibility index (Phi) is 4.69. The summed E-state index contributed by atoms with van der Waals surface area (Å²) >= 11 is 0. The van der Waals surface area contributed by atoms with Gasteiger partial charge in [-0.25, -0.2) is 13.1 Å². The first-order valence-electron chi connectivity index (χ1n) is 5.41. The largest absolute Gasteiger partial charge is 0.399 e. The van der Waals surface area contributed by atoms with Crippen LogP contribution < -0.4 is 15.8 Å². The quantitative estimate of drug-likeness (QED) is 0.648. The molecule has 1 aromatic rings. The third kappa shape index (κ3) is 4.01. The van der Waals surface area contributed by atoms with E-state index in [1.165, 1.54) is 7.05 Å². The molecule has 0 fully saturated rings. The number of benzene rings is 1. The lowest BCUT2D eigenvalue weighted by atomic mass is 10.1. The molecule has 1 rings (SSSR count). The van der Waals surface area contributed by atoms with E-state index in [4.69, 9.17) is 5.73 Å². The minimum absolute atomic E-state index is 0.0609. The summed E-state index contributed by atoms with van der Waals surface area (Å²) < 4.78 is 24.5. The van der Waals surface area contributed by atoms with E-state index in [1.54, 1.807) is 25.1 Å². The molecule has 0 heterocycles. The van der Waals surface area contributed by atoms with Crippen LogP contribution in [0.2, 0.25) is 0 Å². The van der Waals surface area contributed by atoms with Crippen molar-refractivity contribution in [1.82, 2.24) is 10.0 Å². The third-order valence-corrected chi connectivity index (χ3v) is 3.86. The number of nitrogens with one attached hydrogen (secondary N) is 2. The fraction of sp³-hybridized carbons (Fsp3) is 0.364. The molecule has 0 bridgehead atoms. The van der Waals surface area contributed by atoms with E-state index < -0.39 is 10.0 Å². The number of nitrogen functional groups attached to an aromatic ring is 1. The van der Waals surface area contributed by atoms with Crippen molar-refractivity contribution in [3.63, 3.8) is 0 Å². The first-order valence-corrected chi connectivity index (χ1v) is 7.06. The number of hydrogen-bond acceptors (Lipinski definition) is 4. The van der Waals surface area contributed by atoms with Crippen LogP contribution in [0.4, 0.5) is 5.69 Å². The van der Waals surface area contributed by atoms with E-state index in [0.29, 0.717) is 11.3 Å². The molecular weight excluding hydrogens is 254 g/mol. The van der Waals surface area contributed by atoms with Crippen LogP contribution in [0.1, 0.15) is 15.9 Å². The smallest absolute Gasteiger partial charge is 0.251 e. The number of carbonyl (C=O) groups excluding carboxylic acids is 1. The highest BCUT2D eigenvalue weighted by molar-refractivity contribution is 7.89. The van der Waals surface area contributed by atoms with Crippen LogP contribution in [0.5, 0.6) is 0 Å². The molecule has 100 valence electrons. The van der Waals surface area contributed by atoms with E-state index in [-0.39, 0.29) is 18.2 Å². The number of rotatable bonds is 5. The van der Waals surface area contributed by atoms with Gasteiger partial charge >= 0.3 is 0 Å². The van der Waals surface area contributed by atoms with Crippen LogP contribution in [-0.4, -0.2) is 33.7 Å². The van der Waals surface area contributed by atoms with Crippen molar-refractivity contribution in [2.24, 2.45) is 0 Å². The highest BCUT2D eigenvalue weighted by Gasteiger charge is 2.10. The van der Waals surface area contributed by atoms with Gasteiger partial charge in [-0.05, 0) is 37.7 Å². The summed E-state index contributed by atoms with van der Waals surface area (Å²) in [5, 5.41) is 2.54. The number of amides is 1. The minimum atomic E-state index is -3.30. The standard InChI is InChI=1S/C11H17N3O3S/c1-8-7-9(3-4-10(8)12)11(15)14-5-6-18(16,17)13-2/h3-4,7,13H,5-6,12H2,1-2H3,(H,14,15). The molecule has 0 aromatic heterocycles. The molecule has 6 nitrogen and oxygen atoms in total. The zero-order chi connectivity index (χ0) is 13.8. The maximum atomic E-state index is 11.7. The van der Waals surface area contributed by atoms with Crippen molar-refractivity contribution < 1.29 is 13.2 Å². The lowest BCUT2D eigenvalue weighted by Crippen LogP contribution is -2.32. The lowest BCUT2D eigenvalue weighted by molar-refractivity contribution is 0.0956. The Morgan fingerprint density at radius 2 is 2.06 bits per heavy atom. The van der Waals surface area contributed by atoms with Crippen molar-refractivity contribution in [2.75, 3.05) is 25.1 Å². The summed E-state index contributed by atoms with van der Waals surface area (Å²) in [6.07, 6.45) is 0. The number of sulfonamides is 1. The Morgan fingerprint density at radius 1 is 1.39 bits per heavy atom. The molecular formula is C11H17N3O3S. The van der Waals surface area contributed by atoms with Crippen LogP contribution in [0.15, 0.2) is 18.2 Å². The summed E-state index contributed by atoms with van der Waals surface area (Å²) in [7, 11) is -1.96. The molecule has 4 N–H and O–H groups in total. The van der Waals surface area contributed by atoms with E-state index in [1.807, 2.05) is 0 Å². The fourth-order valence-electron chi connectivity index (χ4n) is 1.32. The average molecular weight is 271 g/mol. The Balaban J connectivity index is 2.58. The molecule has 0 atom stereocenters. The molecule has 1 aromatic carbocycles. The molecule has 0 radical (unpaired) electrons. The van der Waals surface area contributed by atoms with E-state index in [2.05, 4.69) is 10.0 Å². The van der Waals surface area contributed by atoms with Gasteiger partial charge in [-0.3, -0.25) is 4.79 Å². The summed E-state index contributed by atoms with van der Waals surface area (Å²) in [5.74, 6) is -0.465. The summed E-state index contributed by atoms with van der Waals surface area (Å²) in [5.41, 5.74) is 7.53. The van der Waals surface area contributed by atoms with Crippen LogP contribution in [0, 0.1) is 6.92 Å². The van der Waals surface area contributed by atoms with Gasteiger partial charge in [0.05, 0.1) is 5.75 Å². The van der Waals surface area contributed by atoms with Crippen molar-refractivity contribution >= 4 is 21.6 Å². The van der Waals surface area contributed by atoms with Gasteiger partial charge in [-0.2, -0.15) is 0 Å². The van der Waals surface area contributed by atoms with Crippen LogP contribution >= 0.6 is 0 Å². The Hall–Kier alpha value is -1.60. The van der Waals surface area contributed by atoms with E-state index in [0.717, 1.165) is 5.56 Å². The van der Waals surface area contributed by atoms with E-state index in [9.17, 15) is 13.2 Å². The zero-order valence-corrected chi connectivity index (χ0v) is 11.2. The van der Waals surface area contributed by atoms with Gasteiger partial charge in [0.25, 0.3) is 5.91 Å². The predicted octanol–water partition coefficient (Wildman–Crippen LogP) is -0.144. The molecule has 0 aliphatic heterocycles. The van der Waals surface area contributed by atoms with Gasteiger partial charge < -0.3 is 11.1 Å². The zero-order valence-electron chi connectivity index (χ0n) is 10.4. The van der Waals surface area contributed by atoms with Gasteiger partial charge in [0, 0.05) is 17.8 Å². The van der Waals surface area contributed by atoms with Crippen LogP contribution in [-0.2, 0) is 10.0 Å². The fourth-order valence-corrected chi connectivity index (χ4v) is 1.89. The molecule has 0 unspecified atom stereocenters. The van der Waals surface area contributed by atoms with Gasteiger partial charge in [-0.1, -0.05) is 0 Å². The normalized spacial score (nSPS) is 11.2. The molecule has 1 amide bonds. The van der Waals surface area contributed by atoms with Crippen LogP contribution in [0.3, 0.4) is 0 Å². The van der Waals surface area contributed by atoms with Crippen LogP contribution in [0.25, 0.3) is 0 Å². The van der Waals surface area contributed by atoms with Gasteiger partial charge in [0.1, 0.15) is 0 Å². The molecule has 18 heavy (non-hydrogen) atoms. The number of nitrogens with two attached hydrogens (primary N) is 1. The van der Waals surface area contributed by atoms with Crippen molar-refractivity contribution in [2.45, 2.75) is 6.92 Å². The molecule has 0 saturated heterocycles. The second-order valence-corrected chi connectivity index (χ2v) is 5.90.